The number of Topliss-reactive ketones (excluding diaryl/α,β-unsaturated/α-hetero) is 1. The second kappa shape index (κ2) is 8.63. The van der Waals surface area contributed by atoms with E-state index < -0.39 is 5.92 Å². The van der Waals surface area contributed by atoms with Crippen molar-refractivity contribution in [1.82, 2.24) is 0 Å². The van der Waals surface area contributed by atoms with Gasteiger partial charge in [0.25, 0.3) is 0 Å². The number of rotatable bonds is 5. The van der Waals surface area contributed by atoms with Gasteiger partial charge >= 0.3 is 0 Å². The van der Waals surface area contributed by atoms with Crippen molar-refractivity contribution in [2.24, 2.45) is 5.92 Å². The molecule has 4 rings (SSSR count). The molecule has 0 spiro atoms. The van der Waals surface area contributed by atoms with Gasteiger partial charge in [-0.3, -0.25) is 9.59 Å². The van der Waals surface area contributed by atoms with Gasteiger partial charge in [0, 0.05) is 21.9 Å². The second-order valence-electron chi connectivity index (χ2n) is 7.20. The highest BCUT2D eigenvalue weighted by Gasteiger charge is 2.33. The summed E-state index contributed by atoms with van der Waals surface area (Å²) in [5, 5.41) is 22.3. The van der Waals surface area contributed by atoms with Gasteiger partial charge in [0.05, 0.1) is 0 Å². The van der Waals surface area contributed by atoms with E-state index in [0.29, 0.717) is 35.4 Å². The zero-order valence-corrected chi connectivity index (χ0v) is 17.0. The standard InChI is InChI=1S/C24H21NO4S/c26-20-6-3-4-16(22(20)27)11-8-15-9-12-17(13-10-15)25-24(29)19-14-30-21-7-2-1-5-18(21)23(19)28/h1-7,9-10,12-13,19,26-27H,8,11,14H2,(H,25,29). The van der Waals surface area contributed by atoms with Crippen LogP contribution in [0.1, 0.15) is 21.5 Å². The van der Waals surface area contributed by atoms with Crippen molar-refractivity contribution in [2.75, 3.05) is 11.1 Å². The number of hydrogen-bond acceptors (Lipinski definition) is 5. The Hall–Kier alpha value is -3.25. The minimum Gasteiger partial charge on any atom is -0.504 e. The molecule has 1 atom stereocenters. The summed E-state index contributed by atoms with van der Waals surface area (Å²) in [7, 11) is 0. The molecule has 0 saturated carbocycles. The van der Waals surface area contributed by atoms with Gasteiger partial charge < -0.3 is 15.5 Å². The highest BCUT2D eigenvalue weighted by atomic mass is 32.2. The molecule has 6 heteroatoms. The summed E-state index contributed by atoms with van der Waals surface area (Å²) in [5.41, 5.74) is 2.97. The number of hydrogen-bond donors (Lipinski definition) is 3. The van der Waals surface area contributed by atoms with Gasteiger partial charge in [-0.2, -0.15) is 0 Å². The second-order valence-corrected chi connectivity index (χ2v) is 8.26. The van der Waals surface area contributed by atoms with Crippen LogP contribution in [0.15, 0.2) is 71.6 Å². The summed E-state index contributed by atoms with van der Waals surface area (Å²) in [6.45, 7) is 0. The Balaban J connectivity index is 1.37. The third-order valence-electron chi connectivity index (χ3n) is 5.19. The largest absolute Gasteiger partial charge is 0.504 e. The summed E-state index contributed by atoms with van der Waals surface area (Å²) in [4.78, 5) is 26.2. The van der Waals surface area contributed by atoms with Crippen LogP contribution in [0, 0.1) is 5.92 Å². The first-order valence-electron chi connectivity index (χ1n) is 9.68. The van der Waals surface area contributed by atoms with E-state index in [1.54, 1.807) is 18.2 Å². The van der Waals surface area contributed by atoms with Crippen LogP contribution in [-0.2, 0) is 17.6 Å². The summed E-state index contributed by atoms with van der Waals surface area (Å²) in [6.07, 6.45) is 1.26. The number of amides is 1. The minimum absolute atomic E-state index is 0.0852. The van der Waals surface area contributed by atoms with Crippen molar-refractivity contribution in [3.8, 4) is 11.5 Å². The first-order chi connectivity index (χ1) is 14.5. The number of nitrogens with one attached hydrogen (secondary N) is 1. The number of carbonyl (C=O) groups is 2. The molecule has 3 aromatic carbocycles. The van der Waals surface area contributed by atoms with Gasteiger partial charge in [-0.1, -0.05) is 42.5 Å². The molecule has 3 N–H and O–H groups in total. The predicted molar refractivity (Wildman–Crippen MR) is 117 cm³/mol. The lowest BCUT2D eigenvalue weighted by Gasteiger charge is -2.22. The van der Waals surface area contributed by atoms with E-state index in [-0.39, 0.29) is 23.2 Å². The first-order valence-corrected chi connectivity index (χ1v) is 10.7. The molecule has 0 bridgehead atoms. The van der Waals surface area contributed by atoms with Crippen LogP contribution in [0.3, 0.4) is 0 Å². The fraction of sp³-hybridized carbons (Fsp3) is 0.167. The molecule has 152 valence electrons. The van der Waals surface area contributed by atoms with Crippen molar-refractivity contribution in [3.63, 3.8) is 0 Å². The number of ketones is 1. The molecule has 0 saturated heterocycles. The van der Waals surface area contributed by atoms with Crippen molar-refractivity contribution in [3.05, 3.63) is 83.4 Å². The summed E-state index contributed by atoms with van der Waals surface area (Å²) in [6, 6.07) is 19.7. The number of fused-ring (bicyclic) bond motifs is 1. The third-order valence-corrected chi connectivity index (χ3v) is 6.36. The number of para-hydroxylation sites is 1. The van der Waals surface area contributed by atoms with Crippen LogP contribution < -0.4 is 5.32 Å². The van der Waals surface area contributed by atoms with Crippen LogP contribution in [0.2, 0.25) is 0 Å². The molecular weight excluding hydrogens is 398 g/mol. The highest BCUT2D eigenvalue weighted by Crippen LogP contribution is 2.33. The van der Waals surface area contributed by atoms with E-state index >= 15 is 0 Å². The van der Waals surface area contributed by atoms with E-state index in [0.717, 1.165) is 10.5 Å². The van der Waals surface area contributed by atoms with Crippen LogP contribution in [-0.4, -0.2) is 27.7 Å². The minimum atomic E-state index is -0.696. The fourth-order valence-electron chi connectivity index (χ4n) is 3.47. The van der Waals surface area contributed by atoms with Crippen molar-refractivity contribution in [1.29, 1.82) is 0 Å². The zero-order valence-electron chi connectivity index (χ0n) is 16.2. The van der Waals surface area contributed by atoms with E-state index in [9.17, 15) is 19.8 Å². The topological polar surface area (TPSA) is 86.6 Å². The van der Waals surface area contributed by atoms with Crippen LogP contribution in [0.5, 0.6) is 11.5 Å². The fourth-order valence-corrected chi connectivity index (χ4v) is 4.62. The monoisotopic (exact) mass is 419 g/mol. The number of aryl methyl sites for hydroxylation is 2. The van der Waals surface area contributed by atoms with Gasteiger partial charge in [-0.05, 0) is 48.2 Å². The first kappa shape index (κ1) is 20.0. The lowest BCUT2D eigenvalue weighted by Crippen LogP contribution is -2.34. The normalized spacial score (nSPS) is 15.5. The number of anilines is 1. The number of benzene rings is 3. The quantitative estimate of drug-likeness (QED) is 0.421. The Kier molecular flexibility index (Phi) is 5.77. The average molecular weight is 420 g/mol. The predicted octanol–water partition coefficient (Wildman–Crippen LogP) is 4.43. The molecule has 3 aromatic rings. The van der Waals surface area contributed by atoms with Crippen LogP contribution >= 0.6 is 11.8 Å². The SMILES string of the molecule is O=C(Nc1ccc(CCc2cccc(O)c2O)cc1)C1CSc2ccccc2C1=O. The maximum Gasteiger partial charge on any atom is 0.236 e. The highest BCUT2D eigenvalue weighted by molar-refractivity contribution is 7.99. The number of phenolic OH excluding ortho intramolecular Hbond substituents is 2. The summed E-state index contributed by atoms with van der Waals surface area (Å²) < 4.78 is 0. The molecule has 0 aromatic heterocycles. The van der Waals surface area contributed by atoms with E-state index in [1.807, 2.05) is 42.5 Å². The molecule has 0 fully saturated rings. The Bertz CT molecular complexity index is 1090. The average Bonchev–Trinajstić information content (AvgIpc) is 2.76. The Morgan fingerprint density at radius 2 is 1.73 bits per heavy atom. The summed E-state index contributed by atoms with van der Waals surface area (Å²) >= 11 is 1.53. The molecule has 1 aliphatic rings. The Labute approximate surface area is 178 Å². The zero-order chi connectivity index (χ0) is 21.1. The molecule has 1 aliphatic heterocycles. The summed E-state index contributed by atoms with van der Waals surface area (Å²) in [5.74, 6) is -0.892. The molecule has 5 nitrogen and oxygen atoms in total. The van der Waals surface area contributed by atoms with Gasteiger partial charge in [-0.25, -0.2) is 0 Å². The van der Waals surface area contributed by atoms with Gasteiger partial charge in [0.15, 0.2) is 17.3 Å². The van der Waals surface area contributed by atoms with Crippen LogP contribution in [0.4, 0.5) is 5.69 Å². The number of thioether (sulfide) groups is 1. The van der Waals surface area contributed by atoms with Gasteiger partial charge in [0.1, 0.15) is 5.92 Å². The van der Waals surface area contributed by atoms with E-state index in [2.05, 4.69) is 5.32 Å². The Morgan fingerprint density at radius 3 is 2.53 bits per heavy atom. The molecule has 0 radical (unpaired) electrons. The lowest BCUT2D eigenvalue weighted by atomic mass is 9.97. The number of carbonyl (C=O) groups excluding carboxylic acids is 2. The molecule has 1 unspecified atom stereocenters. The number of phenols is 2. The molecule has 0 aliphatic carbocycles. The van der Waals surface area contributed by atoms with Crippen molar-refractivity contribution in [2.45, 2.75) is 17.7 Å². The van der Waals surface area contributed by atoms with Gasteiger partial charge in [0.2, 0.25) is 5.91 Å². The Morgan fingerprint density at radius 1 is 0.967 bits per heavy atom. The third kappa shape index (κ3) is 4.19. The maximum absolute atomic E-state index is 12.7. The lowest BCUT2D eigenvalue weighted by molar-refractivity contribution is -0.118. The smallest absolute Gasteiger partial charge is 0.236 e. The van der Waals surface area contributed by atoms with Crippen LogP contribution in [0.25, 0.3) is 0 Å². The number of aromatic hydroxyl groups is 2. The van der Waals surface area contributed by atoms with E-state index in [1.165, 1.54) is 17.8 Å². The molecule has 1 heterocycles. The maximum atomic E-state index is 12.7. The van der Waals surface area contributed by atoms with Gasteiger partial charge in [-0.15, -0.1) is 11.8 Å². The molecular formula is C24H21NO4S. The van der Waals surface area contributed by atoms with Crippen molar-refractivity contribution < 1.29 is 19.8 Å². The molecule has 30 heavy (non-hydrogen) atoms. The molecule has 1 amide bonds. The van der Waals surface area contributed by atoms with E-state index in [4.69, 9.17) is 0 Å². The van der Waals surface area contributed by atoms with Crippen molar-refractivity contribution >= 4 is 29.1 Å².